The van der Waals surface area contributed by atoms with Crippen LogP contribution in [0.2, 0.25) is 0 Å². The molecule has 0 bridgehead atoms. The molecule has 2 aliphatic carbocycles. The van der Waals surface area contributed by atoms with Gasteiger partial charge in [-0.05, 0) is 93.7 Å². The second kappa shape index (κ2) is 10.5. The van der Waals surface area contributed by atoms with E-state index >= 15 is 0 Å². The lowest BCUT2D eigenvalue weighted by Crippen LogP contribution is -2.29. The molecule has 1 aromatic carbocycles. The predicted octanol–water partition coefficient (Wildman–Crippen LogP) is 6.20. The summed E-state index contributed by atoms with van der Waals surface area (Å²) < 4.78 is 32.4. The Bertz CT molecular complexity index is 755. The molecule has 1 aromatic rings. The van der Waals surface area contributed by atoms with Crippen LogP contribution < -0.4 is 0 Å². The molecule has 2 aliphatic rings. The number of ether oxygens (including phenoxy) is 1. The summed E-state index contributed by atoms with van der Waals surface area (Å²) in [6.45, 7) is 0. The normalized spacial score (nSPS) is 27.5. The van der Waals surface area contributed by atoms with Gasteiger partial charge in [0.15, 0.2) is 11.6 Å². The summed E-state index contributed by atoms with van der Waals surface area (Å²) in [6, 6.07) is 6.13. The van der Waals surface area contributed by atoms with Crippen LogP contribution in [0.15, 0.2) is 30.4 Å². The van der Waals surface area contributed by atoms with Crippen LogP contribution in [0.1, 0.15) is 75.7 Å². The summed E-state index contributed by atoms with van der Waals surface area (Å²) >= 11 is 0. The summed E-state index contributed by atoms with van der Waals surface area (Å²) in [5, 5.41) is 8.51. The van der Waals surface area contributed by atoms with Crippen LogP contribution in [0.3, 0.4) is 0 Å². The largest absolute Gasteiger partial charge is 0.462 e. The number of halogens is 2. The zero-order valence-corrected chi connectivity index (χ0v) is 16.8. The van der Waals surface area contributed by atoms with E-state index in [1.807, 2.05) is 12.1 Å². The minimum absolute atomic E-state index is 0.0253. The van der Waals surface area contributed by atoms with E-state index in [9.17, 15) is 13.6 Å². The summed E-state index contributed by atoms with van der Waals surface area (Å²) in [7, 11) is 0. The summed E-state index contributed by atoms with van der Waals surface area (Å²) in [5.74, 6) is -0.959. The van der Waals surface area contributed by atoms with Crippen molar-refractivity contribution in [1.82, 2.24) is 0 Å². The summed E-state index contributed by atoms with van der Waals surface area (Å²) in [6.07, 6.45) is 12.6. The van der Waals surface area contributed by atoms with Gasteiger partial charge in [0.2, 0.25) is 0 Å². The Labute approximate surface area is 171 Å². The fourth-order valence-corrected chi connectivity index (χ4v) is 4.70. The second-order valence-corrected chi connectivity index (χ2v) is 8.41. The molecule has 3 rings (SSSR count). The maximum absolute atomic E-state index is 13.5. The molecule has 0 N–H and O–H groups in total. The van der Waals surface area contributed by atoms with Gasteiger partial charge in [-0.1, -0.05) is 12.1 Å². The van der Waals surface area contributed by atoms with Crippen molar-refractivity contribution in [3.05, 3.63) is 47.5 Å². The number of allylic oxidation sites excluding steroid dienone is 2. The van der Waals surface area contributed by atoms with Gasteiger partial charge in [0.1, 0.15) is 6.10 Å². The molecule has 0 spiro atoms. The standard InChI is InChI=1S/C24H29F2NO2/c25-22-14-11-20(16-23(22)26)18-7-9-19(10-8-18)24(28)29-21-12-5-17(6-13-21)4-2-1-3-15-27/h1,3,11,14,16-19,21H,2,4-10,12-13H2/b3-1+/t17?,18-,19-,21?. The molecular formula is C24H29F2NO2. The molecule has 3 nitrogen and oxygen atoms in total. The topological polar surface area (TPSA) is 50.1 Å². The Morgan fingerprint density at radius 1 is 1.07 bits per heavy atom. The van der Waals surface area contributed by atoms with Crippen molar-refractivity contribution in [2.45, 2.75) is 76.2 Å². The van der Waals surface area contributed by atoms with Crippen LogP contribution in [-0.2, 0) is 9.53 Å². The van der Waals surface area contributed by atoms with E-state index < -0.39 is 11.6 Å². The highest BCUT2D eigenvalue weighted by molar-refractivity contribution is 5.72. The van der Waals surface area contributed by atoms with Crippen molar-refractivity contribution in [2.75, 3.05) is 0 Å². The molecule has 0 atom stereocenters. The number of rotatable bonds is 6. The Balaban J connectivity index is 1.38. The first-order valence-electron chi connectivity index (χ1n) is 10.8. The predicted molar refractivity (Wildman–Crippen MR) is 107 cm³/mol. The first kappa shape index (κ1) is 21.5. The number of nitrogens with zero attached hydrogens (tertiary/aromatic N) is 1. The molecular weight excluding hydrogens is 372 g/mol. The average molecular weight is 401 g/mol. The molecule has 2 saturated carbocycles. The van der Waals surface area contributed by atoms with Crippen LogP contribution in [0.25, 0.3) is 0 Å². The van der Waals surface area contributed by atoms with Gasteiger partial charge in [-0.25, -0.2) is 8.78 Å². The van der Waals surface area contributed by atoms with Crippen LogP contribution in [0.5, 0.6) is 0 Å². The Morgan fingerprint density at radius 3 is 2.45 bits per heavy atom. The number of esters is 1. The number of carbonyl (C=O) groups excluding carboxylic acids is 1. The first-order valence-corrected chi connectivity index (χ1v) is 10.8. The molecule has 0 aliphatic heterocycles. The fourth-order valence-electron chi connectivity index (χ4n) is 4.70. The number of nitriles is 1. The molecule has 156 valence electrons. The van der Waals surface area contributed by atoms with E-state index in [1.54, 1.807) is 6.07 Å². The number of hydrogen-bond acceptors (Lipinski definition) is 3. The van der Waals surface area contributed by atoms with Gasteiger partial charge in [0.05, 0.1) is 12.0 Å². The van der Waals surface area contributed by atoms with Gasteiger partial charge < -0.3 is 4.74 Å². The molecule has 0 heterocycles. The SMILES string of the molecule is N#C/C=C/CCC1CCC(OC(=O)[C@H]2CC[C@H](c3ccc(F)c(F)c3)CC2)CC1. The average Bonchev–Trinajstić information content (AvgIpc) is 2.74. The smallest absolute Gasteiger partial charge is 0.309 e. The molecule has 0 unspecified atom stereocenters. The maximum Gasteiger partial charge on any atom is 0.309 e. The molecule has 5 heteroatoms. The minimum atomic E-state index is -0.820. The third kappa shape index (κ3) is 6.13. The quantitative estimate of drug-likeness (QED) is 0.421. The van der Waals surface area contributed by atoms with Gasteiger partial charge in [0.25, 0.3) is 0 Å². The van der Waals surface area contributed by atoms with Crippen molar-refractivity contribution in [3.8, 4) is 6.07 Å². The molecule has 0 radical (unpaired) electrons. The highest BCUT2D eigenvalue weighted by Gasteiger charge is 2.31. The van der Waals surface area contributed by atoms with E-state index in [1.165, 1.54) is 18.2 Å². The highest BCUT2D eigenvalue weighted by atomic mass is 19.2. The number of hydrogen-bond donors (Lipinski definition) is 0. The lowest BCUT2D eigenvalue weighted by molar-refractivity contribution is -0.157. The van der Waals surface area contributed by atoms with Crippen molar-refractivity contribution in [1.29, 1.82) is 5.26 Å². The van der Waals surface area contributed by atoms with E-state index in [0.29, 0.717) is 5.92 Å². The third-order valence-electron chi connectivity index (χ3n) is 6.49. The van der Waals surface area contributed by atoms with Crippen LogP contribution >= 0.6 is 0 Å². The zero-order valence-electron chi connectivity index (χ0n) is 16.8. The molecule has 29 heavy (non-hydrogen) atoms. The molecule has 0 amide bonds. The Hall–Kier alpha value is -2.22. The summed E-state index contributed by atoms with van der Waals surface area (Å²) in [5.41, 5.74) is 0.818. The van der Waals surface area contributed by atoms with Gasteiger partial charge >= 0.3 is 5.97 Å². The minimum Gasteiger partial charge on any atom is -0.462 e. The maximum atomic E-state index is 13.5. The van der Waals surface area contributed by atoms with Crippen molar-refractivity contribution in [2.24, 2.45) is 11.8 Å². The van der Waals surface area contributed by atoms with Crippen molar-refractivity contribution >= 4 is 5.97 Å². The van der Waals surface area contributed by atoms with E-state index in [2.05, 4.69) is 0 Å². The number of benzene rings is 1. The van der Waals surface area contributed by atoms with E-state index in [-0.39, 0.29) is 23.9 Å². The van der Waals surface area contributed by atoms with Crippen molar-refractivity contribution < 1.29 is 18.3 Å². The van der Waals surface area contributed by atoms with Gasteiger partial charge in [-0.15, -0.1) is 0 Å². The molecule has 0 aromatic heterocycles. The van der Waals surface area contributed by atoms with Crippen molar-refractivity contribution in [3.63, 3.8) is 0 Å². The summed E-state index contributed by atoms with van der Waals surface area (Å²) in [4.78, 5) is 12.6. The second-order valence-electron chi connectivity index (χ2n) is 8.41. The van der Waals surface area contributed by atoms with Gasteiger partial charge in [0, 0.05) is 6.08 Å². The van der Waals surface area contributed by atoms with Crippen LogP contribution in [0.4, 0.5) is 8.78 Å². The molecule has 2 fully saturated rings. The van der Waals surface area contributed by atoms with Crippen LogP contribution in [0, 0.1) is 34.8 Å². The Morgan fingerprint density at radius 2 is 1.79 bits per heavy atom. The molecule has 0 saturated heterocycles. The lowest BCUT2D eigenvalue weighted by atomic mass is 9.78. The van der Waals surface area contributed by atoms with Gasteiger partial charge in [-0.2, -0.15) is 5.26 Å². The lowest BCUT2D eigenvalue weighted by Gasteiger charge is -2.31. The fraction of sp³-hybridized carbons (Fsp3) is 0.583. The van der Waals surface area contributed by atoms with E-state index in [0.717, 1.165) is 69.8 Å². The number of carbonyl (C=O) groups is 1. The Kier molecular flexibility index (Phi) is 7.80. The van der Waals surface area contributed by atoms with E-state index in [4.69, 9.17) is 10.00 Å². The highest BCUT2D eigenvalue weighted by Crippen LogP contribution is 2.37. The van der Waals surface area contributed by atoms with Gasteiger partial charge in [-0.3, -0.25) is 4.79 Å². The zero-order chi connectivity index (χ0) is 20.6. The third-order valence-corrected chi connectivity index (χ3v) is 6.49. The first-order chi connectivity index (χ1) is 14.1. The monoisotopic (exact) mass is 401 g/mol. The van der Waals surface area contributed by atoms with Crippen LogP contribution in [-0.4, -0.2) is 12.1 Å².